The van der Waals surface area contributed by atoms with Gasteiger partial charge in [0, 0.05) is 18.5 Å². The monoisotopic (exact) mass is 314 g/mol. The van der Waals surface area contributed by atoms with Gasteiger partial charge in [-0.1, -0.05) is 6.07 Å². The van der Waals surface area contributed by atoms with E-state index >= 15 is 0 Å². The van der Waals surface area contributed by atoms with Crippen LogP contribution in [0.3, 0.4) is 0 Å². The third-order valence-corrected chi connectivity index (χ3v) is 3.88. The van der Waals surface area contributed by atoms with Gasteiger partial charge in [0.15, 0.2) is 0 Å². The van der Waals surface area contributed by atoms with Gasteiger partial charge >= 0.3 is 5.97 Å². The van der Waals surface area contributed by atoms with Crippen LogP contribution in [0.1, 0.15) is 31.2 Å². The number of hydrogen-bond donors (Lipinski definition) is 3. The van der Waals surface area contributed by atoms with E-state index in [1.807, 2.05) is 0 Å². The van der Waals surface area contributed by atoms with Crippen LogP contribution in [0.25, 0.3) is 0 Å². The third-order valence-electron chi connectivity index (χ3n) is 2.82. The minimum Gasteiger partial charge on any atom is -0.481 e. The molecule has 0 spiro atoms. The van der Waals surface area contributed by atoms with E-state index in [0.29, 0.717) is 24.1 Å². The van der Waals surface area contributed by atoms with Gasteiger partial charge in [0.1, 0.15) is 0 Å². The Morgan fingerprint density at radius 1 is 1.24 bits per heavy atom. The number of anilines is 1. The first kappa shape index (κ1) is 17.1. The van der Waals surface area contributed by atoms with E-state index in [0.717, 1.165) is 0 Å². The first-order valence-electron chi connectivity index (χ1n) is 6.35. The van der Waals surface area contributed by atoms with Gasteiger partial charge in [-0.15, -0.1) is 0 Å². The number of carboxylic acid groups (broad SMARTS) is 1. The Kier molecular flexibility index (Phi) is 5.86. The highest BCUT2D eigenvalue weighted by atomic mass is 32.2. The second-order valence-electron chi connectivity index (χ2n) is 4.67. The summed E-state index contributed by atoms with van der Waals surface area (Å²) in [4.78, 5) is 22.0. The van der Waals surface area contributed by atoms with Crippen molar-refractivity contribution in [3.05, 3.63) is 23.8 Å². The molecule has 0 aromatic heterocycles. The number of unbranched alkanes of at least 4 members (excludes halogenated alkanes) is 1. The van der Waals surface area contributed by atoms with Crippen LogP contribution in [0.15, 0.2) is 23.1 Å². The number of primary sulfonamides is 1. The van der Waals surface area contributed by atoms with Crippen LogP contribution >= 0.6 is 0 Å². The number of amides is 1. The predicted molar refractivity (Wildman–Crippen MR) is 77.3 cm³/mol. The molecule has 0 bridgehead atoms. The SMILES string of the molecule is Cc1ccc(NC(=O)CCCCC(=O)O)cc1S(N)(=O)=O. The lowest BCUT2D eigenvalue weighted by molar-refractivity contribution is -0.137. The fourth-order valence-corrected chi connectivity index (χ4v) is 2.58. The summed E-state index contributed by atoms with van der Waals surface area (Å²) in [6.07, 6.45) is 1.06. The summed E-state index contributed by atoms with van der Waals surface area (Å²) in [5, 5.41) is 16.1. The molecule has 0 aliphatic rings. The van der Waals surface area contributed by atoms with Gasteiger partial charge in [-0.25, -0.2) is 13.6 Å². The zero-order valence-corrected chi connectivity index (χ0v) is 12.4. The van der Waals surface area contributed by atoms with Gasteiger partial charge in [-0.2, -0.15) is 0 Å². The maximum absolute atomic E-state index is 11.7. The summed E-state index contributed by atoms with van der Waals surface area (Å²) in [5.41, 5.74) is 0.838. The lowest BCUT2D eigenvalue weighted by Crippen LogP contribution is -2.15. The molecular weight excluding hydrogens is 296 g/mol. The van der Waals surface area contributed by atoms with Crippen LogP contribution in [0.5, 0.6) is 0 Å². The molecule has 1 amide bonds. The number of benzene rings is 1. The van der Waals surface area contributed by atoms with Gasteiger partial charge in [-0.3, -0.25) is 9.59 Å². The van der Waals surface area contributed by atoms with E-state index in [4.69, 9.17) is 10.2 Å². The fraction of sp³-hybridized carbons (Fsp3) is 0.385. The van der Waals surface area contributed by atoms with Crippen molar-refractivity contribution >= 4 is 27.6 Å². The lowest BCUT2D eigenvalue weighted by Gasteiger charge is -2.08. The largest absolute Gasteiger partial charge is 0.481 e. The van der Waals surface area contributed by atoms with Gasteiger partial charge in [0.2, 0.25) is 15.9 Å². The molecule has 116 valence electrons. The molecule has 0 saturated heterocycles. The molecule has 0 saturated carbocycles. The van der Waals surface area contributed by atoms with Crippen LogP contribution in [-0.2, 0) is 19.6 Å². The Bertz CT molecular complexity index is 640. The highest BCUT2D eigenvalue weighted by Gasteiger charge is 2.13. The Morgan fingerprint density at radius 2 is 1.86 bits per heavy atom. The van der Waals surface area contributed by atoms with Crippen LogP contribution in [0, 0.1) is 6.92 Å². The Hall–Kier alpha value is -1.93. The number of aryl methyl sites for hydroxylation is 1. The van der Waals surface area contributed by atoms with Crippen molar-refractivity contribution in [1.29, 1.82) is 0 Å². The minimum atomic E-state index is -3.84. The topological polar surface area (TPSA) is 127 Å². The van der Waals surface area contributed by atoms with Gasteiger partial charge in [-0.05, 0) is 37.5 Å². The van der Waals surface area contributed by atoms with Gasteiger partial charge in [0.25, 0.3) is 0 Å². The lowest BCUT2D eigenvalue weighted by atomic mass is 10.2. The summed E-state index contributed by atoms with van der Waals surface area (Å²) in [6, 6.07) is 4.44. The Morgan fingerprint density at radius 3 is 2.43 bits per heavy atom. The summed E-state index contributed by atoms with van der Waals surface area (Å²) in [7, 11) is -3.84. The van der Waals surface area contributed by atoms with Gasteiger partial charge in [0.05, 0.1) is 4.90 Å². The van der Waals surface area contributed by atoms with E-state index in [2.05, 4.69) is 5.32 Å². The highest BCUT2D eigenvalue weighted by Crippen LogP contribution is 2.19. The zero-order valence-electron chi connectivity index (χ0n) is 11.6. The number of sulfonamides is 1. The zero-order chi connectivity index (χ0) is 16.0. The average Bonchev–Trinajstić information content (AvgIpc) is 2.35. The van der Waals surface area contributed by atoms with E-state index in [-0.39, 0.29) is 23.6 Å². The minimum absolute atomic E-state index is 0.0212. The van der Waals surface area contributed by atoms with Crippen molar-refractivity contribution in [1.82, 2.24) is 0 Å². The molecular formula is C13H18N2O5S. The first-order chi connectivity index (χ1) is 9.70. The summed E-state index contributed by atoms with van der Waals surface area (Å²) >= 11 is 0. The molecule has 4 N–H and O–H groups in total. The molecule has 0 fully saturated rings. The highest BCUT2D eigenvalue weighted by molar-refractivity contribution is 7.89. The van der Waals surface area contributed by atoms with Crippen molar-refractivity contribution in [3.63, 3.8) is 0 Å². The van der Waals surface area contributed by atoms with E-state index in [1.165, 1.54) is 6.07 Å². The van der Waals surface area contributed by atoms with Crippen molar-refractivity contribution < 1.29 is 23.1 Å². The number of aliphatic carboxylic acids is 1. The summed E-state index contributed by atoms with van der Waals surface area (Å²) < 4.78 is 22.8. The predicted octanol–water partition coefficient (Wildman–Crippen LogP) is 1.23. The molecule has 0 unspecified atom stereocenters. The Labute approximate surface area is 123 Å². The molecule has 0 heterocycles. The molecule has 1 aromatic carbocycles. The molecule has 0 aliphatic carbocycles. The van der Waals surface area contributed by atoms with E-state index < -0.39 is 16.0 Å². The molecule has 0 atom stereocenters. The maximum atomic E-state index is 11.7. The van der Waals surface area contributed by atoms with Crippen molar-refractivity contribution in [2.24, 2.45) is 5.14 Å². The normalized spacial score (nSPS) is 11.1. The maximum Gasteiger partial charge on any atom is 0.303 e. The quantitative estimate of drug-likeness (QED) is 0.652. The number of carbonyl (C=O) groups is 2. The molecule has 21 heavy (non-hydrogen) atoms. The van der Waals surface area contributed by atoms with Gasteiger partial charge < -0.3 is 10.4 Å². The first-order valence-corrected chi connectivity index (χ1v) is 7.90. The molecule has 0 radical (unpaired) electrons. The van der Waals surface area contributed by atoms with Crippen molar-refractivity contribution in [2.45, 2.75) is 37.5 Å². The van der Waals surface area contributed by atoms with E-state index in [1.54, 1.807) is 19.1 Å². The van der Waals surface area contributed by atoms with Crippen LogP contribution in [-0.4, -0.2) is 25.4 Å². The number of hydrogen-bond acceptors (Lipinski definition) is 4. The smallest absolute Gasteiger partial charge is 0.303 e. The second-order valence-corrected chi connectivity index (χ2v) is 6.20. The number of rotatable bonds is 7. The number of carbonyl (C=O) groups excluding carboxylic acids is 1. The molecule has 1 aromatic rings. The van der Waals surface area contributed by atoms with Crippen LogP contribution < -0.4 is 10.5 Å². The van der Waals surface area contributed by atoms with E-state index in [9.17, 15) is 18.0 Å². The fourth-order valence-electron chi connectivity index (χ4n) is 1.77. The van der Waals surface area contributed by atoms with Crippen LogP contribution in [0.2, 0.25) is 0 Å². The summed E-state index contributed by atoms with van der Waals surface area (Å²) in [6.45, 7) is 1.61. The molecule has 1 rings (SSSR count). The Balaban J connectivity index is 2.63. The standard InChI is InChI=1S/C13H18N2O5S/c1-9-6-7-10(8-11(9)21(14,19)20)15-12(16)4-2-3-5-13(17)18/h6-8H,2-5H2,1H3,(H,15,16)(H,17,18)(H2,14,19,20). The number of nitrogens with one attached hydrogen (secondary N) is 1. The second kappa shape index (κ2) is 7.19. The molecule has 7 nitrogen and oxygen atoms in total. The number of nitrogens with two attached hydrogens (primary N) is 1. The molecule has 0 aliphatic heterocycles. The van der Waals surface area contributed by atoms with Crippen LogP contribution in [0.4, 0.5) is 5.69 Å². The average molecular weight is 314 g/mol. The molecule has 8 heteroatoms. The number of carboxylic acids is 1. The summed E-state index contributed by atoms with van der Waals surface area (Å²) in [5.74, 6) is -1.20. The van der Waals surface area contributed by atoms with Crippen molar-refractivity contribution in [2.75, 3.05) is 5.32 Å². The third kappa shape index (κ3) is 5.92. The van der Waals surface area contributed by atoms with Crippen molar-refractivity contribution in [3.8, 4) is 0 Å².